The Kier molecular flexibility index (Phi) is 11.7. The molecule has 1 amide bonds. The molecule has 0 aromatic heterocycles. The lowest BCUT2D eigenvalue weighted by molar-refractivity contribution is -0.192. The van der Waals surface area contributed by atoms with Crippen molar-refractivity contribution in [3.05, 3.63) is 51.5 Å². The number of piperidine rings is 1. The minimum absolute atomic E-state index is 0.0593. The van der Waals surface area contributed by atoms with Crippen LogP contribution in [-0.4, -0.2) is 107 Å². The highest BCUT2D eigenvalue weighted by atomic mass is 35.5. The molecule has 0 radical (unpaired) electrons. The first kappa shape index (κ1) is 37.0. The zero-order valence-corrected chi connectivity index (χ0v) is 27.0. The number of amides is 1. The predicted octanol–water partition coefficient (Wildman–Crippen LogP) is 4.78. The SMILES string of the molecule is CN(C)C(=O)c1cc(Cl)c(OC(C)(C)C(=O)O)cc1OCC(O)CN1CCC2(CC1)Cc1cc(Cl)ccc1O2.O=C(O)C(F)(F)F. The number of likely N-dealkylation sites (tertiary alicyclic amines) is 1. The monoisotopic (exact) mass is 694 g/mol. The lowest BCUT2D eigenvalue weighted by Crippen LogP contribution is -2.49. The Morgan fingerprint density at radius 3 is 2.20 bits per heavy atom. The van der Waals surface area contributed by atoms with E-state index in [1.54, 1.807) is 14.1 Å². The van der Waals surface area contributed by atoms with E-state index in [0.717, 1.165) is 43.7 Å². The van der Waals surface area contributed by atoms with Gasteiger partial charge in [0.2, 0.25) is 0 Å². The lowest BCUT2D eigenvalue weighted by atomic mass is 9.87. The molecule has 2 heterocycles. The fourth-order valence-corrected chi connectivity index (χ4v) is 5.22. The molecule has 0 saturated carbocycles. The van der Waals surface area contributed by atoms with Crippen LogP contribution in [0.2, 0.25) is 10.0 Å². The van der Waals surface area contributed by atoms with E-state index in [4.69, 9.17) is 47.3 Å². The molecule has 3 N–H and O–H groups in total. The van der Waals surface area contributed by atoms with Gasteiger partial charge in [0.25, 0.3) is 5.91 Å². The highest BCUT2D eigenvalue weighted by Crippen LogP contribution is 2.42. The summed E-state index contributed by atoms with van der Waals surface area (Å²) in [6.45, 7) is 4.59. The number of carbonyl (C=O) groups is 3. The van der Waals surface area contributed by atoms with E-state index >= 15 is 0 Å². The summed E-state index contributed by atoms with van der Waals surface area (Å²) in [5.41, 5.74) is -0.493. The summed E-state index contributed by atoms with van der Waals surface area (Å²) in [5.74, 6) is -3.20. The molecular formula is C30H35Cl2F3N2O9. The van der Waals surface area contributed by atoms with E-state index < -0.39 is 29.8 Å². The number of aliphatic carboxylic acids is 2. The third-order valence-electron chi connectivity index (χ3n) is 7.32. The second-order valence-corrected chi connectivity index (χ2v) is 12.5. The maximum absolute atomic E-state index is 12.8. The van der Waals surface area contributed by atoms with Crippen molar-refractivity contribution in [2.45, 2.75) is 56.6 Å². The van der Waals surface area contributed by atoms with Crippen molar-refractivity contribution >= 4 is 41.0 Å². The van der Waals surface area contributed by atoms with E-state index in [2.05, 4.69) is 4.90 Å². The molecule has 2 aliphatic rings. The molecule has 1 fully saturated rings. The van der Waals surface area contributed by atoms with Crippen molar-refractivity contribution in [2.75, 3.05) is 40.3 Å². The van der Waals surface area contributed by atoms with Crippen molar-refractivity contribution in [1.82, 2.24) is 9.80 Å². The Hall–Kier alpha value is -3.46. The molecule has 1 atom stereocenters. The van der Waals surface area contributed by atoms with Gasteiger partial charge >= 0.3 is 18.1 Å². The number of aliphatic hydroxyl groups excluding tert-OH is 1. The van der Waals surface area contributed by atoms with Crippen molar-refractivity contribution in [3.63, 3.8) is 0 Å². The highest BCUT2D eigenvalue weighted by Gasteiger charge is 2.42. The second kappa shape index (κ2) is 14.5. The number of carbonyl (C=O) groups excluding carboxylic acids is 1. The first-order valence-electron chi connectivity index (χ1n) is 14.0. The van der Waals surface area contributed by atoms with Crippen LogP contribution in [0.5, 0.6) is 17.2 Å². The van der Waals surface area contributed by atoms with Crippen molar-refractivity contribution < 1.29 is 57.1 Å². The molecule has 11 nitrogen and oxygen atoms in total. The predicted molar refractivity (Wildman–Crippen MR) is 161 cm³/mol. The molecule has 2 aromatic carbocycles. The topological polar surface area (TPSA) is 146 Å². The number of aliphatic hydroxyl groups is 1. The first-order valence-corrected chi connectivity index (χ1v) is 14.8. The molecular weight excluding hydrogens is 660 g/mol. The molecule has 16 heteroatoms. The average molecular weight is 696 g/mol. The summed E-state index contributed by atoms with van der Waals surface area (Å²) in [6.07, 6.45) is -3.44. The van der Waals surface area contributed by atoms with Crippen LogP contribution < -0.4 is 14.2 Å². The smallest absolute Gasteiger partial charge is 0.490 e. The molecule has 2 aliphatic heterocycles. The van der Waals surface area contributed by atoms with Crippen molar-refractivity contribution in [1.29, 1.82) is 0 Å². The summed E-state index contributed by atoms with van der Waals surface area (Å²) in [5, 5.41) is 28.1. The summed E-state index contributed by atoms with van der Waals surface area (Å²) in [4.78, 5) is 36.7. The van der Waals surface area contributed by atoms with Gasteiger partial charge < -0.3 is 39.3 Å². The number of β-amino-alcohol motifs (C(OH)–C–C–N with tert-alkyl or cyclic N) is 1. The molecule has 1 unspecified atom stereocenters. The summed E-state index contributed by atoms with van der Waals surface area (Å²) in [6, 6.07) is 8.50. The van der Waals surface area contributed by atoms with Crippen molar-refractivity contribution in [2.24, 2.45) is 0 Å². The minimum atomic E-state index is -5.08. The Bertz CT molecular complexity index is 1450. The summed E-state index contributed by atoms with van der Waals surface area (Å²) in [7, 11) is 3.19. The normalized spacial score (nSPS) is 16.4. The van der Waals surface area contributed by atoms with Crippen LogP contribution in [0.15, 0.2) is 30.3 Å². The van der Waals surface area contributed by atoms with Crippen LogP contribution in [0, 0.1) is 0 Å². The Labute approximate surface area is 273 Å². The van der Waals surface area contributed by atoms with Gasteiger partial charge in [0.15, 0.2) is 5.60 Å². The fourth-order valence-electron chi connectivity index (χ4n) is 4.82. The first-order chi connectivity index (χ1) is 21.2. The van der Waals surface area contributed by atoms with Gasteiger partial charge in [-0.3, -0.25) is 4.79 Å². The minimum Gasteiger partial charge on any atom is -0.490 e. The third-order valence-corrected chi connectivity index (χ3v) is 7.85. The van der Waals surface area contributed by atoms with Gasteiger partial charge in [-0.2, -0.15) is 13.2 Å². The lowest BCUT2D eigenvalue weighted by Gasteiger charge is -2.39. The van der Waals surface area contributed by atoms with Crippen LogP contribution >= 0.6 is 23.2 Å². The number of carboxylic acid groups (broad SMARTS) is 2. The van der Waals surface area contributed by atoms with Crippen LogP contribution in [0.3, 0.4) is 0 Å². The van der Waals surface area contributed by atoms with Gasteiger partial charge in [-0.1, -0.05) is 23.2 Å². The van der Waals surface area contributed by atoms with Gasteiger partial charge in [-0.05, 0) is 43.7 Å². The van der Waals surface area contributed by atoms with Crippen LogP contribution in [0.25, 0.3) is 0 Å². The number of halogens is 5. The number of rotatable bonds is 9. The molecule has 46 heavy (non-hydrogen) atoms. The van der Waals surface area contributed by atoms with Gasteiger partial charge in [-0.15, -0.1) is 0 Å². The fraction of sp³-hybridized carbons (Fsp3) is 0.500. The zero-order valence-electron chi connectivity index (χ0n) is 25.5. The van der Waals surface area contributed by atoms with E-state index in [1.807, 2.05) is 18.2 Å². The number of hydrogen-bond donors (Lipinski definition) is 3. The molecule has 2 aromatic rings. The van der Waals surface area contributed by atoms with Gasteiger partial charge in [0, 0.05) is 64.1 Å². The van der Waals surface area contributed by atoms with E-state index in [-0.39, 0.29) is 40.2 Å². The molecule has 0 bridgehead atoms. The Balaban J connectivity index is 0.000000738. The maximum Gasteiger partial charge on any atom is 0.490 e. The molecule has 0 aliphatic carbocycles. The van der Waals surface area contributed by atoms with E-state index in [0.29, 0.717) is 11.6 Å². The summed E-state index contributed by atoms with van der Waals surface area (Å²) >= 11 is 12.5. The molecule has 1 saturated heterocycles. The quantitative estimate of drug-likeness (QED) is 0.335. The van der Waals surface area contributed by atoms with Crippen molar-refractivity contribution in [3.8, 4) is 17.2 Å². The zero-order chi connectivity index (χ0) is 34.6. The Morgan fingerprint density at radius 1 is 1.04 bits per heavy atom. The maximum atomic E-state index is 12.8. The number of benzene rings is 2. The van der Waals surface area contributed by atoms with Gasteiger partial charge in [-0.25, -0.2) is 9.59 Å². The van der Waals surface area contributed by atoms with E-state index in [9.17, 15) is 33.0 Å². The van der Waals surface area contributed by atoms with E-state index in [1.165, 1.54) is 30.9 Å². The van der Waals surface area contributed by atoms with Crippen LogP contribution in [-0.2, 0) is 16.0 Å². The number of ether oxygens (including phenoxy) is 3. The third kappa shape index (κ3) is 9.53. The average Bonchev–Trinajstić information content (AvgIpc) is 3.30. The Morgan fingerprint density at radius 2 is 1.65 bits per heavy atom. The number of fused-ring (bicyclic) bond motifs is 1. The number of nitrogens with zero attached hydrogens (tertiary/aromatic N) is 2. The summed E-state index contributed by atoms with van der Waals surface area (Å²) < 4.78 is 49.5. The van der Waals surface area contributed by atoms with Crippen LogP contribution in [0.4, 0.5) is 13.2 Å². The molecule has 4 rings (SSSR count). The number of carboxylic acids is 2. The largest absolute Gasteiger partial charge is 0.490 e. The molecule has 1 spiro atoms. The standard InChI is InChI=1S/C28H34Cl2N2O7.C2HF3O2/c1-27(2,26(35)36)38-24-13-23(20(12-21(24)30)25(34)31(3)4)37-16-19(33)15-32-9-7-28(8-10-32)14-17-11-18(29)5-6-22(17)39-28;3-2(4,5)1(6)7/h5-6,11-13,19,33H,7-10,14-16H2,1-4H3,(H,35,36);(H,6,7). The van der Waals surface area contributed by atoms with Crippen LogP contribution in [0.1, 0.15) is 42.6 Å². The highest BCUT2D eigenvalue weighted by molar-refractivity contribution is 6.32. The molecule has 254 valence electrons. The van der Waals surface area contributed by atoms with Gasteiger partial charge in [0.05, 0.1) is 10.6 Å². The number of alkyl halides is 3. The van der Waals surface area contributed by atoms with Gasteiger partial charge in [0.1, 0.15) is 35.6 Å². The number of hydrogen-bond acceptors (Lipinski definition) is 8. The second-order valence-electron chi connectivity index (χ2n) is 11.7.